The van der Waals surface area contributed by atoms with Gasteiger partial charge >= 0.3 is 0 Å². The van der Waals surface area contributed by atoms with Crippen LogP contribution < -0.4 is 0 Å². The number of hydrogen-bond acceptors (Lipinski definition) is 2. The zero-order valence-corrected chi connectivity index (χ0v) is 10.6. The molecule has 2 fully saturated rings. The summed E-state index contributed by atoms with van der Waals surface area (Å²) in [4.78, 5) is 1.18. The fraction of sp³-hybridized carbons (Fsp3) is 0.714. The lowest BCUT2D eigenvalue weighted by Crippen LogP contribution is -2.35. The van der Waals surface area contributed by atoms with Crippen LogP contribution in [0.3, 0.4) is 0 Å². The van der Waals surface area contributed by atoms with Crippen molar-refractivity contribution < 1.29 is 5.11 Å². The molecule has 16 heavy (non-hydrogen) atoms. The molecule has 0 radical (unpaired) electrons. The van der Waals surface area contributed by atoms with Gasteiger partial charge in [0, 0.05) is 4.88 Å². The molecule has 3 rings (SSSR count). The van der Waals surface area contributed by atoms with Crippen molar-refractivity contribution >= 4 is 11.3 Å². The summed E-state index contributed by atoms with van der Waals surface area (Å²) in [6.45, 7) is 0. The minimum Gasteiger partial charge on any atom is -0.384 e. The molecule has 1 aromatic heterocycles. The summed E-state index contributed by atoms with van der Waals surface area (Å²) in [5.41, 5.74) is 0.117. The van der Waals surface area contributed by atoms with Gasteiger partial charge in [0.2, 0.25) is 0 Å². The fourth-order valence-electron chi connectivity index (χ4n) is 3.61. The van der Waals surface area contributed by atoms with Gasteiger partial charge in [0.1, 0.15) is 0 Å². The van der Waals surface area contributed by atoms with Gasteiger partial charge in [-0.15, -0.1) is 11.3 Å². The number of hydrogen-bond donors (Lipinski definition) is 1. The lowest BCUT2D eigenvalue weighted by atomic mass is 9.67. The van der Waals surface area contributed by atoms with E-state index in [-0.39, 0.29) is 0 Å². The molecule has 0 aromatic carbocycles. The van der Waals surface area contributed by atoms with Gasteiger partial charge in [-0.05, 0) is 55.4 Å². The maximum Gasteiger partial charge on any atom is 0.0988 e. The molecule has 1 nitrogen and oxygen atoms in total. The van der Waals surface area contributed by atoms with Crippen LogP contribution in [0.4, 0.5) is 0 Å². The summed E-state index contributed by atoms with van der Waals surface area (Å²) in [5, 5.41) is 12.8. The van der Waals surface area contributed by atoms with E-state index in [4.69, 9.17) is 0 Å². The highest BCUT2D eigenvalue weighted by Crippen LogP contribution is 2.53. The normalized spacial score (nSPS) is 27.3. The number of aliphatic hydroxyl groups is 1. The SMILES string of the molecule is OC1(c2cccs2)CCC2(CCCC2)CC1. The second kappa shape index (κ2) is 3.85. The molecule has 1 aromatic rings. The van der Waals surface area contributed by atoms with Crippen molar-refractivity contribution in [1.82, 2.24) is 0 Å². The largest absolute Gasteiger partial charge is 0.384 e. The predicted octanol–water partition coefficient (Wildman–Crippen LogP) is 4.07. The van der Waals surface area contributed by atoms with Crippen LogP contribution in [0, 0.1) is 5.41 Å². The van der Waals surface area contributed by atoms with E-state index in [1.807, 2.05) is 0 Å². The molecule has 0 bridgehead atoms. The number of thiophene rings is 1. The van der Waals surface area contributed by atoms with E-state index in [9.17, 15) is 5.11 Å². The molecule has 2 saturated carbocycles. The van der Waals surface area contributed by atoms with E-state index < -0.39 is 5.60 Å². The molecule has 0 saturated heterocycles. The summed E-state index contributed by atoms with van der Waals surface area (Å²) in [6.07, 6.45) is 10.1. The van der Waals surface area contributed by atoms with E-state index in [1.54, 1.807) is 11.3 Å². The minimum absolute atomic E-state index is 0.498. The van der Waals surface area contributed by atoms with Crippen molar-refractivity contribution in [3.8, 4) is 0 Å². The van der Waals surface area contributed by atoms with Crippen molar-refractivity contribution in [2.75, 3.05) is 0 Å². The highest BCUT2D eigenvalue weighted by Gasteiger charge is 2.44. The van der Waals surface area contributed by atoms with Gasteiger partial charge in [-0.25, -0.2) is 0 Å². The smallest absolute Gasteiger partial charge is 0.0988 e. The molecule has 0 atom stereocenters. The van der Waals surface area contributed by atoms with E-state index in [0.717, 1.165) is 12.8 Å². The molecule has 2 heteroatoms. The molecular weight excluding hydrogens is 216 g/mol. The third kappa shape index (κ3) is 1.72. The second-order valence-corrected chi connectivity index (χ2v) is 6.66. The Labute approximate surface area is 102 Å². The number of rotatable bonds is 1. The van der Waals surface area contributed by atoms with Crippen molar-refractivity contribution in [2.45, 2.75) is 57.0 Å². The first-order valence-corrected chi connectivity index (χ1v) is 7.37. The molecule has 88 valence electrons. The lowest BCUT2D eigenvalue weighted by Gasteiger charge is -2.41. The maximum atomic E-state index is 10.7. The summed E-state index contributed by atoms with van der Waals surface area (Å²) in [6, 6.07) is 4.15. The Kier molecular flexibility index (Phi) is 2.60. The summed E-state index contributed by atoms with van der Waals surface area (Å²) >= 11 is 1.71. The van der Waals surface area contributed by atoms with Gasteiger partial charge < -0.3 is 5.11 Å². The predicted molar refractivity (Wildman–Crippen MR) is 67.6 cm³/mol. The van der Waals surface area contributed by atoms with E-state index in [0.29, 0.717) is 5.41 Å². The van der Waals surface area contributed by atoms with E-state index >= 15 is 0 Å². The topological polar surface area (TPSA) is 20.2 Å². The van der Waals surface area contributed by atoms with Crippen LogP contribution in [-0.4, -0.2) is 5.11 Å². The van der Waals surface area contributed by atoms with Gasteiger partial charge in [0.25, 0.3) is 0 Å². The molecule has 2 aliphatic carbocycles. The van der Waals surface area contributed by atoms with Crippen LogP contribution in [0.1, 0.15) is 56.2 Å². The molecule has 0 aliphatic heterocycles. The van der Waals surface area contributed by atoms with Crippen molar-refractivity contribution in [3.63, 3.8) is 0 Å². The molecule has 1 N–H and O–H groups in total. The van der Waals surface area contributed by atoms with Crippen molar-refractivity contribution in [2.24, 2.45) is 5.41 Å². The minimum atomic E-state index is -0.498. The molecule has 1 spiro atoms. The fourth-order valence-corrected chi connectivity index (χ4v) is 4.49. The summed E-state index contributed by atoms with van der Waals surface area (Å²) < 4.78 is 0. The molecule has 0 unspecified atom stereocenters. The first kappa shape index (κ1) is 10.8. The average molecular weight is 236 g/mol. The summed E-state index contributed by atoms with van der Waals surface area (Å²) in [7, 11) is 0. The third-order valence-corrected chi connectivity index (χ3v) is 5.85. The van der Waals surface area contributed by atoms with E-state index in [2.05, 4.69) is 17.5 Å². The zero-order chi connectivity index (χ0) is 11.1. The van der Waals surface area contributed by atoms with Gasteiger partial charge in [-0.1, -0.05) is 18.9 Å². The third-order valence-electron chi connectivity index (χ3n) is 4.78. The highest BCUT2D eigenvalue weighted by molar-refractivity contribution is 7.10. The molecule has 0 amide bonds. The van der Waals surface area contributed by atoms with Gasteiger partial charge in [0.05, 0.1) is 5.60 Å². The zero-order valence-electron chi connectivity index (χ0n) is 9.74. The van der Waals surface area contributed by atoms with Gasteiger partial charge in [0.15, 0.2) is 0 Å². The second-order valence-electron chi connectivity index (χ2n) is 5.72. The summed E-state index contributed by atoms with van der Waals surface area (Å²) in [5.74, 6) is 0. The van der Waals surface area contributed by atoms with Crippen LogP contribution in [-0.2, 0) is 5.60 Å². The highest BCUT2D eigenvalue weighted by atomic mass is 32.1. The Bertz CT molecular complexity index is 339. The molecular formula is C14H20OS. The van der Waals surface area contributed by atoms with Crippen molar-refractivity contribution in [1.29, 1.82) is 0 Å². The maximum absolute atomic E-state index is 10.7. The first-order valence-electron chi connectivity index (χ1n) is 6.49. The molecule has 2 aliphatic rings. The van der Waals surface area contributed by atoms with Crippen LogP contribution in [0.25, 0.3) is 0 Å². The Balaban J connectivity index is 1.74. The standard InChI is InChI=1S/C14H20OS/c15-14(12-4-3-11-16-12)9-7-13(8-10-14)5-1-2-6-13/h3-4,11,15H,1-2,5-10H2. The first-order chi connectivity index (χ1) is 7.73. The van der Waals surface area contributed by atoms with Crippen LogP contribution in [0.2, 0.25) is 0 Å². The van der Waals surface area contributed by atoms with Gasteiger partial charge in [-0.3, -0.25) is 0 Å². The monoisotopic (exact) mass is 236 g/mol. The van der Waals surface area contributed by atoms with Crippen molar-refractivity contribution in [3.05, 3.63) is 22.4 Å². The van der Waals surface area contributed by atoms with E-state index in [1.165, 1.54) is 43.4 Å². The quantitative estimate of drug-likeness (QED) is 0.779. The molecule has 1 heterocycles. The Morgan fingerprint density at radius 3 is 2.25 bits per heavy atom. The van der Waals surface area contributed by atoms with Crippen LogP contribution >= 0.6 is 11.3 Å². The Morgan fingerprint density at radius 2 is 1.69 bits per heavy atom. The van der Waals surface area contributed by atoms with Gasteiger partial charge in [-0.2, -0.15) is 0 Å². The average Bonchev–Trinajstić information content (AvgIpc) is 2.96. The Hall–Kier alpha value is -0.340. The van der Waals surface area contributed by atoms with Crippen LogP contribution in [0.15, 0.2) is 17.5 Å². The lowest BCUT2D eigenvalue weighted by molar-refractivity contribution is -0.0348. The van der Waals surface area contributed by atoms with Crippen LogP contribution in [0.5, 0.6) is 0 Å². The Morgan fingerprint density at radius 1 is 1.00 bits per heavy atom.